The average Bonchev–Trinajstić information content (AvgIpc) is 3.19. The Labute approximate surface area is 121 Å². The van der Waals surface area contributed by atoms with E-state index in [0.29, 0.717) is 18.1 Å². The van der Waals surface area contributed by atoms with Crippen LogP contribution in [0.25, 0.3) is 0 Å². The summed E-state index contributed by atoms with van der Waals surface area (Å²) in [6.07, 6.45) is 6.59. The third kappa shape index (κ3) is 3.58. The van der Waals surface area contributed by atoms with Gasteiger partial charge in [0.25, 0.3) is 0 Å². The number of H-pyrrole nitrogens is 1. The first kappa shape index (κ1) is 14.0. The van der Waals surface area contributed by atoms with Crippen molar-refractivity contribution in [2.45, 2.75) is 70.6 Å². The third-order valence-corrected chi connectivity index (χ3v) is 4.29. The molecule has 0 spiro atoms. The molecule has 2 aliphatic rings. The van der Waals surface area contributed by atoms with Crippen LogP contribution in [0.15, 0.2) is 0 Å². The average molecular weight is 278 g/mol. The Morgan fingerprint density at radius 1 is 1.30 bits per heavy atom. The van der Waals surface area contributed by atoms with Gasteiger partial charge in [0.2, 0.25) is 0 Å². The molecule has 20 heavy (non-hydrogen) atoms. The minimum absolute atomic E-state index is 0.386. The largest absolute Gasteiger partial charge is 0.377 e. The van der Waals surface area contributed by atoms with Crippen LogP contribution in [0.5, 0.6) is 0 Å². The second-order valence-electron chi connectivity index (χ2n) is 6.43. The summed E-state index contributed by atoms with van der Waals surface area (Å²) in [6, 6.07) is 0.495. The molecule has 5 nitrogen and oxygen atoms in total. The van der Waals surface area contributed by atoms with E-state index in [1.54, 1.807) is 0 Å². The maximum atomic E-state index is 5.86. The Bertz CT molecular complexity index is 421. The van der Waals surface area contributed by atoms with Crippen LogP contribution in [0.1, 0.15) is 63.5 Å². The molecule has 1 aromatic rings. The summed E-state index contributed by atoms with van der Waals surface area (Å²) in [4.78, 5) is 7.08. The second-order valence-corrected chi connectivity index (χ2v) is 6.43. The summed E-state index contributed by atoms with van der Waals surface area (Å²) in [5, 5.41) is 7.45. The summed E-state index contributed by atoms with van der Waals surface area (Å²) in [5.74, 6) is 2.63. The molecule has 1 aliphatic heterocycles. The van der Waals surface area contributed by atoms with Gasteiger partial charge in [-0.1, -0.05) is 0 Å². The number of nitrogens with one attached hydrogen (secondary N) is 1. The quantitative estimate of drug-likeness (QED) is 0.868. The van der Waals surface area contributed by atoms with Gasteiger partial charge >= 0.3 is 0 Å². The highest BCUT2D eigenvalue weighted by atomic mass is 16.5. The van der Waals surface area contributed by atoms with Gasteiger partial charge in [0.1, 0.15) is 5.82 Å². The minimum atomic E-state index is 0.386. The predicted octanol–water partition coefficient (Wildman–Crippen LogP) is 2.46. The third-order valence-electron chi connectivity index (χ3n) is 4.29. The summed E-state index contributed by atoms with van der Waals surface area (Å²) in [6.45, 7) is 7.24. The van der Waals surface area contributed by atoms with E-state index in [1.165, 1.54) is 32.1 Å². The van der Waals surface area contributed by atoms with E-state index in [-0.39, 0.29) is 0 Å². The molecule has 0 unspecified atom stereocenters. The Balaban J connectivity index is 1.57. The van der Waals surface area contributed by atoms with Gasteiger partial charge in [0.15, 0.2) is 5.82 Å². The molecule has 1 atom stereocenters. The molecule has 3 rings (SSSR count). The molecule has 1 aliphatic carbocycles. The number of nitrogens with zero attached hydrogens (tertiary/aromatic N) is 3. The van der Waals surface area contributed by atoms with Gasteiger partial charge < -0.3 is 4.74 Å². The van der Waals surface area contributed by atoms with Crippen LogP contribution in [0.2, 0.25) is 0 Å². The van der Waals surface area contributed by atoms with E-state index < -0.39 is 0 Å². The second kappa shape index (κ2) is 6.22. The zero-order valence-corrected chi connectivity index (χ0v) is 12.6. The van der Waals surface area contributed by atoms with Crippen molar-refractivity contribution in [3.8, 4) is 0 Å². The molecule has 1 saturated heterocycles. The fourth-order valence-electron chi connectivity index (χ4n) is 2.77. The van der Waals surface area contributed by atoms with Crippen LogP contribution in [-0.4, -0.2) is 45.4 Å². The Kier molecular flexibility index (Phi) is 4.36. The molecule has 1 saturated carbocycles. The number of hydrogen-bond donors (Lipinski definition) is 1. The van der Waals surface area contributed by atoms with Crippen LogP contribution in [0.4, 0.5) is 0 Å². The number of aromatic amines is 1. The summed E-state index contributed by atoms with van der Waals surface area (Å²) >= 11 is 0. The first-order valence-electron chi connectivity index (χ1n) is 7.99. The number of aromatic nitrogens is 3. The monoisotopic (exact) mass is 278 g/mol. The normalized spacial score (nSPS) is 23.7. The van der Waals surface area contributed by atoms with Gasteiger partial charge in [-0.3, -0.25) is 10.00 Å². The summed E-state index contributed by atoms with van der Waals surface area (Å²) in [5.41, 5.74) is 0. The molecule has 1 N–H and O–H groups in total. The van der Waals surface area contributed by atoms with Crippen molar-refractivity contribution < 1.29 is 4.74 Å². The summed E-state index contributed by atoms with van der Waals surface area (Å²) in [7, 11) is 0. The van der Waals surface area contributed by atoms with Crippen molar-refractivity contribution in [2.24, 2.45) is 0 Å². The molecule has 2 fully saturated rings. The maximum absolute atomic E-state index is 5.86. The van der Waals surface area contributed by atoms with Gasteiger partial charge in [-0.15, -0.1) is 0 Å². The Morgan fingerprint density at radius 2 is 2.15 bits per heavy atom. The molecule has 0 bridgehead atoms. The van der Waals surface area contributed by atoms with Crippen molar-refractivity contribution >= 4 is 0 Å². The molecular formula is C15H26N4O. The van der Waals surface area contributed by atoms with Crippen molar-refractivity contribution in [1.29, 1.82) is 0 Å². The van der Waals surface area contributed by atoms with E-state index in [2.05, 4.69) is 33.9 Å². The first-order chi connectivity index (χ1) is 9.72. The molecular weight excluding hydrogens is 252 g/mol. The van der Waals surface area contributed by atoms with Gasteiger partial charge in [-0.05, 0) is 46.0 Å². The lowest BCUT2D eigenvalue weighted by molar-refractivity contribution is -0.0134. The molecule has 0 radical (unpaired) electrons. The summed E-state index contributed by atoms with van der Waals surface area (Å²) < 4.78 is 5.86. The SMILES string of the molecule is CC(C)N(Cc1nc(C2CC2)n[nH]1)C[C@@H]1CCCCO1. The van der Waals surface area contributed by atoms with Gasteiger partial charge in [-0.25, -0.2) is 4.98 Å². The van der Waals surface area contributed by atoms with E-state index in [0.717, 1.165) is 31.3 Å². The number of rotatable bonds is 6. The first-order valence-corrected chi connectivity index (χ1v) is 7.99. The van der Waals surface area contributed by atoms with Crippen molar-refractivity contribution in [2.75, 3.05) is 13.2 Å². The zero-order valence-electron chi connectivity index (χ0n) is 12.6. The lowest BCUT2D eigenvalue weighted by Gasteiger charge is -2.31. The van der Waals surface area contributed by atoms with Crippen LogP contribution >= 0.6 is 0 Å². The van der Waals surface area contributed by atoms with E-state index in [4.69, 9.17) is 4.74 Å². The fraction of sp³-hybridized carbons (Fsp3) is 0.867. The number of ether oxygens (including phenoxy) is 1. The standard InChI is InChI=1S/C15H26N4O/c1-11(2)19(9-13-5-3-4-8-20-13)10-14-16-15(18-17-14)12-6-7-12/h11-13H,3-10H2,1-2H3,(H,16,17,18)/t13-/m0/s1. The fourth-order valence-corrected chi connectivity index (χ4v) is 2.77. The van der Waals surface area contributed by atoms with Crippen molar-refractivity contribution in [3.05, 3.63) is 11.6 Å². The smallest absolute Gasteiger partial charge is 0.153 e. The zero-order chi connectivity index (χ0) is 13.9. The highest BCUT2D eigenvalue weighted by Gasteiger charge is 2.28. The van der Waals surface area contributed by atoms with Crippen LogP contribution in [0, 0.1) is 0 Å². The lowest BCUT2D eigenvalue weighted by Crippen LogP contribution is -2.39. The molecule has 0 amide bonds. The molecule has 5 heteroatoms. The highest BCUT2D eigenvalue weighted by molar-refractivity contribution is 5.05. The Morgan fingerprint density at radius 3 is 2.80 bits per heavy atom. The molecule has 112 valence electrons. The van der Waals surface area contributed by atoms with E-state index in [1.807, 2.05) is 0 Å². The minimum Gasteiger partial charge on any atom is -0.377 e. The molecule has 0 aromatic carbocycles. The van der Waals surface area contributed by atoms with Crippen LogP contribution in [0.3, 0.4) is 0 Å². The topological polar surface area (TPSA) is 54.0 Å². The van der Waals surface area contributed by atoms with Crippen molar-refractivity contribution in [1.82, 2.24) is 20.1 Å². The van der Waals surface area contributed by atoms with Crippen LogP contribution in [-0.2, 0) is 11.3 Å². The van der Waals surface area contributed by atoms with Gasteiger partial charge in [0, 0.05) is 25.1 Å². The van der Waals surface area contributed by atoms with Gasteiger partial charge in [0.05, 0.1) is 12.6 Å². The molecule has 2 heterocycles. The van der Waals surface area contributed by atoms with E-state index in [9.17, 15) is 0 Å². The van der Waals surface area contributed by atoms with Gasteiger partial charge in [-0.2, -0.15) is 5.10 Å². The number of hydrogen-bond acceptors (Lipinski definition) is 4. The maximum Gasteiger partial charge on any atom is 0.153 e. The predicted molar refractivity (Wildman–Crippen MR) is 77.5 cm³/mol. The van der Waals surface area contributed by atoms with Crippen molar-refractivity contribution in [3.63, 3.8) is 0 Å². The van der Waals surface area contributed by atoms with E-state index >= 15 is 0 Å². The highest BCUT2D eigenvalue weighted by Crippen LogP contribution is 2.37. The van der Waals surface area contributed by atoms with Crippen LogP contribution < -0.4 is 0 Å². The lowest BCUT2D eigenvalue weighted by atomic mass is 10.1. The Hall–Kier alpha value is -0.940. The molecule has 1 aromatic heterocycles.